The summed E-state index contributed by atoms with van der Waals surface area (Å²) in [5.74, 6) is -6.46. The number of carbonyl (C=O) groups excluding carboxylic acids is 2. The second kappa shape index (κ2) is 8.87. The zero-order valence-electron chi connectivity index (χ0n) is 19.7. The molecule has 1 fully saturated rings. The van der Waals surface area contributed by atoms with E-state index in [2.05, 4.69) is 0 Å². The Kier molecular flexibility index (Phi) is 6.31. The molecule has 0 unspecified atom stereocenters. The average Bonchev–Trinajstić information content (AvgIpc) is 3.03. The Bertz CT molecular complexity index is 1310. The van der Waals surface area contributed by atoms with Crippen LogP contribution in [0.5, 0.6) is 5.75 Å². The van der Waals surface area contributed by atoms with E-state index in [9.17, 15) is 18.0 Å². The van der Waals surface area contributed by atoms with Crippen molar-refractivity contribution < 1.29 is 40.7 Å². The first-order valence-corrected chi connectivity index (χ1v) is 12.3. The summed E-state index contributed by atoms with van der Waals surface area (Å²) in [7, 11) is -4.51. The highest BCUT2D eigenvalue weighted by Gasteiger charge is 2.47. The van der Waals surface area contributed by atoms with Gasteiger partial charge in [-0.3, -0.25) is 9.69 Å². The predicted molar refractivity (Wildman–Crippen MR) is 122 cm³/mol. The number of alkyl halides is 2. The summed E-state index contributed by atoms with van der Waals surface area (Å²) in [6, 6.07) is 9.39. The van der Waals surface area contributed by atoms with Gasteiger partial charge in [0.15, 0.2) is 5.82 Å². The van der Waals surface area contributed by atoms with Gasteiger partial charge in [0, 0.05) is 11.1 Å². The van der Waals surface area contributed by atoms with Crippen LogP contribution < -0.4 is 13.8 Å². The van der Waals surface area contributed by atoms with Gasteiger partial charge in [-0.1, -0.05) is 30.3 Å². The molecular formula is C23H24F3N3O6S. The number of nitrogens with one attached hydrogen (secondary N) is 1. The van der Waals surface area contributed by atoms with Crippen LogP contribution in [0, 0.1) is 5.82 Å². The van der Waals surface area contributed by atoms with Crippen LogP contribution in [0.15, 0.2) is 36.4 Å². The minimum atomic E-state index is -4.51. The number of benzene rings is 2. The number of hydrogen-bond acceptors (Lipinski definition) is 6. The van der Waals surface area contributed by atoms with E-state index in [1.807, 2.05) is 0 Å². The molecule has 2 amide bonds. The summed E-state index contributed by atoms with van der Waals surface area (Å²) in [6.07, 6.45) is -1.08. The molecule has 4 rings (SSSR count). The third-order valence-electron chi connectivity index (χ3n) is 5.40. The lowest BCUT2D eigenvalue weighted by atomic mass is 9.94. The van der Waals surface area contributed by atoms with Crippen LogP contribution in [-0.4, -0.2) is 44.0 Å². The van der Waals surface area contributed by atoms with E-state index in [1.54, 1.807) is 55.8 Å². The third kappa shape index (κ3) is 5.06. The summed E-state index contributed by atoms with van der Waals surface area (Å²) in [4.78, 5) is 25.0. The molecule has 13 heteroatoms. The summed E-state index contributed by atoms with van der Waals surface area (Å²) in [5.41, 5.74) is -2.43. The zero-order valence-corrected chi connectivity index (χ0v) is 20.5. The van der Waals surface area contributed by atoms with Gasteiger partial charge in [-0.2, -0.15) is 17.2 Å². The monoisotopic (exact) mass is 527 g/mol. The fourth-order valence-corrected chi connectivity index (χ4v) is 5.05. The topological polar surface area (TPSA) is 105 Å². The molecule has 0 spiro atoms. The SMILES string of the molecule is CC(C)(C)OC(=O)N1Cc2c(cc(OCc3ccccc3)c(N3CC(=O)NS3(=O)=O)c2F)C(F)(F)C1. The summed E-state index contributed by atoms with van der Waals surface area (Å²) in [5, 5.41) is 0. The van der Waals surface area contributed by atoms with E-state index in [0.29, 0.717) is 14.8 Å². The van der Waals surface area contributed by atoms with Gasteiger partial charge in [-0.15, -0.1) is 0 Å². The lowest BCUT2D eigenvalue weighted by molar-refractivity contribution is -0.117. The Hall–Kier alpha value is -3.48. The van der Waals surface area contributed by atoms with Crippen molar-refractivity contribution in [2.45, 2.75) is 45.4 Å². The number of halogens is 3. The Labute approximate surface area is 206 Å². The number of carbonyl (C=O) groups is 2. The molecule has 2 aromatic carbocycles. The number of anilines is 1. The predicted octanol–water partition coefficient (Wildman–Crippen LogP) is 3.43. The lowest BCUT2D eigenvalue weighted by Crippen LogP contribution is -2.46. The van der Waals surface area contributed by atoms with Gasteiger partial charge in [0.05, 0.1) is 13.1 Å². The van der Waals surface area contributed by atoms with E-state index in [1.165, 1.54) is 0 Å². The maximum absolute atomic E-state index is 15.9. The van der Waals surface area contributed by atoms with E-state index < -0.39 is 81.7 Å². The second-order valence-corrected chi connectivity index (χ2v) is 11.0. The largest absolute Gasteiger partial charge is 0.487 e. The molecule has 2 aliphatic heterocycles. The molecule has 0 saturated carbocycles. The van der Waals surface area contributed by atoms with Crippen LogP contribution in [0.2, 0.25) is 0 Å². The van der Waals surface area contributed by atoms with Crippen molar-refractivity contribution in [2.24, 2.45) is 0 Å². The lowest BCUT2D eigenvalue weighted by Gasteiger charge is -2.36. The first-order chi connectivity index (χ1) is 16.7. The van der Waals surface area contributed by atoms with Crippen molar-refractivity contribution in [3.63, 3.8) is 0 Å². The van der Waals surface area contributed by atoms with Gasteiger partial charge in [0.2, 0.25) is 0 Å². The van der Waals surface area contributed by atoms with E-state index in [0.717, 1.165) is 6.07 Å². The van der Waals surface area contributed by atoms with Crippen LogP contribution >= 0.6 is 0 Å². The molecule has 2 aliphatic rings. The van der Waals surface area contributed by atoms with Crippen LogP contribution in [-0.2, 0) is 38.8 Å². The van der Waals surface area contributed by atoms with Gasteiger partial charge in [0.1, 0.15) is 30.2 Å². The molecule has 2 heterocycles. The molecule has 2 aromatic rings. The Morgan fingerprint density at radius 3 is 2.42 bits per heavy atom. The summed E-state index contributed by atoms with van der Waals surface area (Å²) < 4.78 is 84.3. The minimum Gasteiger partial charge on any atom is -0.487 e. The minimum absolute atomic E-state index is 0.184. The standard InChI is InChI=1S/C23H24F3N3O6S/c1-22(2,3)35-21(31)28-10-15-16(23(25,26)13-28)9-17(34-12-14-7-5-4-6-8-14)20(19(15)24)29-11-18(30)27-36(29,32)33/h4-9H,10-13H2,1-3H3,(H,27,30). The van der Waals surface area contributed by atoms with E-state index in [-0.39, 0.29) is 6.61 Å². The van der Waals surface area contributed by atoms with Crippen LogP contribution in [0.25, 0.3) is 0 Å². The number of ether oxygens (including phenoxy) is 2. The number of rotatable bonds is 4. The van der Waals surface area contributed by atoms with Crippen molar-refractivity contribution in [3.8, 4) is 5.75 Å². The molecule has 0 atom stereocenters. The van der Waals surface area contributed by atoms with Crippen molar-refractivity contribution in [1.29, 1.82) is 0 Å². The fraction of sp³-hybridized carbons (Fsp3) is 0.391. The highest BCUT2D eigenvalue weighted by molar-refractivity contribution is 7.92. The summed E-state index contributed by atoms with van der Waals surface area (Å²) in [6.45, 7) is 2.03. The van der Waals surface area contributed by atoms with Gasteiger partial charge in [-0.05, 0) is 32.4 Å². The fourth-order valence-electron chi connectivity index (χ4n) is 3.89. The van der Waals surface area contributed by atoms with Crippen molar-refractivity contribution in [3.05, 3.63) is 58.9 Å². The Balaban J connectivity index is 1.82. The number of nitrogens with zero attached hydrogens (tertiary/aromatic N) is 2. The van der Waals surface area contributed by atoms with Crippen molar-refractivity contribution in [1.82, 2.24) is 9.62 Å². The highest BCUT2D eigenvalue weighted by Crippen LogP contribution is 2.46. The first kappa shape index (κ1) is 25.6. The summed E-state index contributed by atoms with van der Waals surface area (Å²) >= 11 is 0. The van der Waals surface area contributed by atoms with Crippen LogP contribution in [0.1, 0.15) is 37.5 Å². The average molecular weight is 528 g/mol. The Morgan fingerprint density at radius 1 is 1.17 bits per heavy atom. The molecular weight excluding hydrogens is 503 g/mol. The molecule has 0 aromatic heterocycles. The maximum atomic E-state index is 15.9. The molecule has 0 aliphatic carbocycles. The molecule has 36 heavy (non-hydrogen) atoms. The third-order valence-corrected chi connectivity index (χ3v) is 6.78. The molecule has 1 saturated heterocycles. The first-order valence-electron chi connectivity index (χ1n) is 10.9. The normalized spacial score (nSPS) is 18.4. The van der Waals surface area contributed by atoms with E-state index >= 15 is 13.2 Å². The van der Waals surface area contributed by atoms with Crippen LogP contribution in [0.4, 0.5) is 23.7 Å². The van der Waals surface area contributed by atoms with Crippen molar-refractivity contribution >= 4 is 27.9 Å². The van der Waals surface area contributed by atoms with Gasteiger partial charge in [0.25, 0.3) is 11.8 Å². The second-order valence-electron chi connectivity index (χ2n) is 9.42. The smallest absolute Gasteiger partial charge is 0.410 e. The zero-order chi connectivity index (χ0) is 26.5. The van der Waals surface area contributed by atoms with E-state index in [4.69, 9.17) is 9.47 Å². The highest BCUT2D eigenvalue weighted by atomic mass is 32.2. The molecule has 0 bridgehead atoms. The molecule has 0 radical (unpaired) electrons. The van der Waals surface area contributed by atoms with Crippen molar-refractivity contribution in [2.75, 3.05) is 17.4 Å². The number of fused-ring (bicyclic) bond motifs is 1. The molecule has 1 N–H and O–H groups in total. The van der Waals surface area contributed by atoms with Crippen LogP contribution in [0.3, 0.4) is 0 Å². The molecule has 194 valence electrons. The number of hydrogen-bond donors (Lipinski definition) is 1. The maximum Gasteiger partial charge on any atom is 0.410 e. The Morgan fingerprint density at radius 2 is 1.83 bits per heavy atom. The quantitative estimate of drug-likeness (QED) is 0.653. The van der Waals surface area contributed by atoms with Gasteiger partial charge in [-0.25, -0.2) is 18.2 Å². The van der Waals surface area contributed by atoms with Gasteiger partial charge < -0.3 is 9.47 Å². The number of amides is 2. The van der Waals surface area contributed by atoms with Gasteiger partial charge >= 0.3 is 16.3 Å². The molecule has 9 nitrogen and oxygen atoms in total.